The Kier molecular flexibility index (Phi) is 14.5. The van der Waals surface area contributed by atoms with Crippen molar-refractivity contribution in [2.75, 3.05) is 11.5 Å². The summed E-state index contributed by atoms with van der Waals surface area (Å²) in [5, 5.41) is 22.0. The Hall–Kier alpha value is -2.32. The van der Waals surface area contributed by atoms with Gasteiger partial charge in [-0.25, -0.2) is 0 Å². The molecule has 0 bridgehead atoms. The van der Waals surface area contributed by atoms with Gasteiger partial charge in [-0.1, -0.05) is 83.1 Å². The van der Waals surface area contributed by atoms with Gasteiger partial charge in [-0.15, -0.1) is 23.5 Å². The van der Waals surface area contributed by atoms with E-state index >= 15 is 0 Å². The van der Waals surface area contributed by atoms with Crippen molar-refractivity contribution in [1.29, 1.82) is 0 Å². The third-order valence-corrected chi connectivity index (χ3v) is 10.5. The molecule has 0 aliphatic heterocycles. The second-order valence-electron chi connectivity index (χ2n) is 17.2. The molecule has 0 saturated heterocycles. The lowest BCUT2D eigenvalue weighted by Gasteiger charge is -2.28. The number of aromatic hydroxyl groups is 2. The second kappa shape index (κ2) is 16.6. The van der Waals surface area contributed by atoms with Gasteiger partial charge in [0.1, 0.15) is 23.7 Å². The number of carbonyl (C=O) groups excluding carboxylic acids is 2. The molecule has 0 aliphatic rings. The standard InChI is InChI=1S/C40H62O6S2/c1-25(23-47-27-19-29(37(3,4)5)35(43)30(20-27)38(6,7)8)45-33(41)17-15-16-18-34(42)46-26(2)24-48-28-21-31(39(9,10)11)36(44)32(22-28)40(12,13)14/h19-22,25-26,43-44H,15-18,23-24H2,1-14H3. The first-order chi connectivity index (χ1) is 21.8. The molecular formula is C40H62O6S2. The van der Waals surface area contributed by atoms with Crippen LogP contribution < -0.4 is 0 Å². The van der Waals surface area contributed by atoms with Crippen LogP contribution in [0.1, 0.15) is 145 Å². The number of esters is 2. The van der Waals surface area contributed by atoms with Crippen LogP contribution in [0.3, 0.4) is 0 Å². The average molecular weight is 703 g/mol. The van der Waals surface area contributed by atoms with Gasteiger partial charge >= 0.3 is 11.9 Å². The highest BCUT2D eigenvalue weighted by Gasteiger charge is 2.28. The number of phenolic OH excluding ortho intramolecular Hbond substituents is 2. The molecule has 0 fully saturated rings. The molecule has 0 aromatic heterocycles. The van der Waals surface area contributed by atoms with Gasteiger partial charge in [0.2, 0.25) is 0 Å². The molecule has 270 valence electrons. The minimum absolute atomic E-state index is 0.205. The first-order valence-corrected chi connectivity index (χ1v) is 19.2. The van der Waals surface area contributed by atoms with Crippen molar-refractivity contribution in [3.63, 3.8) is 0 Å². The number of thioether (sulfide) groups is 2. The van der Waals surface area contributed by atoms with Gasteiger partial charge in [-0.2, -0.15) is 0 Å². The van der Waals surface area contributed by atoms with Gasteiger partial charge in [0.05, 0.1) is 0 Å². The number of ether oxygens (including phenoxy) is 2. The highest BCUT2D eigenvalue weighted by Crippen LogP contribution is 2.43. The lowest BCUT2D eigenvalue weighted by molar-refractivity contribution is -0.149. The molecule has 2 atom stereocenters. The predicted molar refractivity (Wildman–Crippen MR) is 202 cm³/mol. The predicted octanol–water partition coefficient (Wildman–Crippen LogP) is 10.6. The van der Waals surface area contributed by atoms with Gasteiger partial charge in [0.15, 0.2) is 0 Å². The van der Waals surface area contributed by atoms with E-state index in [1.165, 1.54) is 0 Å². The molecule has 2 rings (SSSR count). The molecule has 0 saturated carbocycles. The van der Waals surface area contributed by atoms with Crippen molar-refractivity contribution < 1.29 is 29.3 Å². The molecule has 2 unspecified atom stereocenters. The number of hydrogen-bond acceptors (Lipinski definition) is 8. The second-order valence-corrected chi connectivity index (χ2v) is 19.4. The highest BCUT2D eigenvalue weighted by molar-refractivity contribution is 7.99. The molecule has 48 heavy (non-hydrogen) atoms. The van der Waals surface area contributed by atoms with Gasteiger partial charge in [0.25, 0.3) is 0 Å². The summed E-state index contributed by atoms with van der Waals surface area (Å²) in [4.78, 5) is 27.1. The Balaban J connectivity index is 1.81. The lowest BCUT2D eigenvalue weighted by atomic mass is 9.79. The number of rotatable bonds is 13. The van der Waals surface area contributed by atoms with Crippen LogP contribution in [0.2, 0.25) is 0 Å². The molecule has 2 aromatic rings. The van der Waals surface area contributed by atoms with Gasteiger partial charge < -0.3 is 19.7 Å². The maximum Gasteiger partial charge on any atom is 0.306 e. The van der Waals surface area contributed by atoms with Crippen molar-refractivity contribution >= 4 is 35.5 Å². The normalized spacial score (nSPS) is 14.0. The molecule has 0 heterocycles. The van der Waals surface area contributed by atoms with Crippen LogP contribution in [0.25, 0.3) is 0 Å². The molecule has 6 nitrogen and oxygen atoms in total. The number of unbranched alkanes of at least 4 members (excludes halogenated alkanes) is 1. The van der Waals surface area contributed by atoms with Crippen LogP contribution in [-0.4, -0.2) is 45.9 Å². The van der Waals surface area contributed by atoms with Crippen molar-refractivity contribution in [1.82, 2.24) is 0 Å². The van der Waals surface area contributed by atoms with Gasteiger partial charge in [-0.05, 0) is 72.6 Å². The summed E-state index contributed by atoms with van der Waals surface area (Å²) < 4.78 is 11.3. The quantitative estimate of drug-likeness (QED) is 0.121. The number of hydrogen-bond donors (Lipinski definition) is 2. The minimum atomic E-state index is -0.275. The van der Waals surface area contributed by atoms with E-state index in [0.29, 0.717) is 35.8 Å². The molecule has 0 aliphatic carbocycles. The van der Waals surface area contributed by atoms with E-state index < -0.39 is 0 Å². The van der Waals surface area contributed by atoms with Crippen LogP contribution in [0.5, 0.6) is 11.5 Å². The van der Waals surface area contributed by atoms with Crippen molar-refractivity contribution in [2.24, 2.45) is 0 Å². The van der Waals surface area contributed by atoms with Gasteiger partial charge in [0, 0.05) is 56.4 Å². The zero-order chi connectivity index (χ0) is 36.8. The largest absolute Gasteiger partial charge is 0.507 e. The molecule has 2 N–H and O–H groups in total. The minimum Gasteiger partial charge on any atom is -0.507 e. The zero-order valence-electron chi connectivity index (χ0n) is 32.1. The van der Waals surface area contributed by atoms with E-state index in [9.17, 15) is 19.8 Å². The van der Waals surface area contributed by atoms with Crippen LogP contribution in [0, 0.1) is 0 Å². The fraction of sp³-hybridized carbons (Fsp3) is 0.650. The number of carbonyl (C=O) groups is 2. The van der Waals surface area contributed by atoms with Crippen LogP contribution in [0.4, 0.5) is 0 Å². The first kappa shape index (κ1) is 41.8. The van der Waals surface area contributed by atoms with Crippen LogP contribution in [0.15, 0.2) is 34.1 Å². The maximum atomic E-state index is 12.5. The average Bonchev–Trinajstić information content (AvgIpc) is 2.91. The zero-order valence-corrected chi connectivity index (χ0v) is 33.7. The Bertz CT molecular complexity index is 1230. The summed E-state index contributed by atoms with van der Waals surface area (Å²) >= 11 is 3.24. The summed E-state index contributed by atoms with van der Waals surface area (Å²) in [6.45, 7) is 28.9. The lowest BCUT2D eigenvalue weighted by Crippen LogP contribution is -2.19. The maximum absolute atomic E-state index is 12.5. The smallest absolute Gasteiger partial charge is 0.306 e. The van der Waals surface area contributed by atoms with E-state index in [-0.39, 0.29) is 58.6 Å². The van der Waals surface area contributed by atoms with Crippen molar-refractivity contribution in [3.8, 4) is 11.5 Å². The van der Waals surface area contributed by atoms with Crippen LogP contribution >= 0.6 is 23.5 Å². The van der Waals surface area contributed by atoms with Crippen molar-refractivity contribution in [2.45, 2.75) is 166 Å². The monoisotopic (exact) mass is 702 g/mol. The number of phenols is 2. The Morgan fingerprint density at radius 1 is 0.562 bits per heavy atom. The molecule has 2 aromatic carbocycles. The fourth-order valence-electron chi connectivity index (χ4n) is 5.27. The SMILES string of the molecule is CC(CSc1cc(C(C)(C)C)c(O)c(C(C)(C)C)c1)OC(=O)CCCCC(=O)OC(C)CSc1cc(C(C)(C)C)c(O)c(C(C)(C)C)c1. The van der Waals surface area contributed by atoms with Gasteiger partial charge in [-0.3, -0.25) is 9.59 Å². The summed E-state index contributed by atoms with van der Waals surface area (Å²) in [6, 6.07) is 8.17. The van der Waals surface area contributed by atoms with Crippen molar-refractivity contribution in [3.05, 3.63) is 46.5 Å². The Morgan fingerprint density at radius 2 is 0.812 bits per heavy atom. The summed E-state index contributed by atoms with van der Waals surface area (Å²) in [7, 11) is 0. The third-order valence-electron chi connectivity index (χ3n) is 8.05. The van der Waals surface area contributed by atoms with E-state index in [1.807, 2.05) is 38.1 Å². The molecular weight excluding hydrogens is 641 g/mol. The Morgan fingerprint density at radius 3 is 1.04 bits per heavy atom. The molecule has 0 spiro atoms. The van der Waals surface area contributed by atoms with E-state index in [4.69, 9.17) is 9.47 Å². The summed E-state index contributed by atoms with van der Waals surface area (Å²) in [5.41, 5.74) is 2.83. The molecule has 0 radical (unpaired) electrons. The number of benzene rings is 2. The topological polar surface area (TPSA) is 93.1 Å². The van der Waals surface area contributed by atoms with E-state index in [1.54, 1.807) is 23.5 Å². The highest BCUT2D eigenvalue weighted by atomic mass is 32.2. The first-order valence-electron chi connectivity index (χ1n) is 17.2. The van der Waals surface area contributed by atoms with Crippen LogP contribution in [-0.2, 0) is 40.7 Å². The molecule has 0 amide bonds. The molecule has 8 heteroatoms. The Labute approximate surface area is 299 Å². The van der Waals surface area contributed by atoms with E-state index in [2.05, 4.69) is 83.1 Å². The third kappa shape index (κ3) is 12.9. The summed E-state index contributed by atoms with van der Waals surface area (Å²) in [6.07, 6.45) is 1.06. The van der Waals surface area contributed by atoms with E-state index in [0.717, 1.165) is 32.0 Å². The summed E-state index contributed by atoms with van der Waals surface area (Å²) in [5.74, 6) is 1.38. The fourth-order valence-corrected chi connectivity index (χ4v) is 7.07.